The van der Waals surface area contributed by atoms with Crippen LogP contribution in [0, 0.1) is 0 Å². The van der Waals surface area contributed by atoms with Gasteiger partial charge in [-0.1, -0.05) is 25.1 Å². The Morgan fingerprint density at radius 3 is 2.93 bits per heavy atom. The molecule has 0 saturated heterocycles. The number of hydrogen-bond acceptors (Lipinski definition) is 3. The topological polar surface area (TPSA) is 38.0 Å². The number of hydrazine groups is 1. The van der Waals surface area contributed by atoms with Gasteiger partial charge in [0.15, 0.2) is 0 Å². The number of nitrogens with two attached hydrogens (primary N) is 1. The van der Waals surface area contributed by atoms with Gasteiger partial charge in [-0.3, -0.25) is 11.3 Å². The van der Waals surface area contributed by atoms with Crippen molar-refractivity contribution < 1.29 is 0 Å². The third-order valence-electron chi connectivity index (χ3n) is 2.76. The van der Waals surface area contributed by atoms with E-state index in [-0.39, 0.29) is 0 Å². The molecule has 3 heteroatoms. The zero-order valence-electron chi connectivity index (χ0n) is 8.86. The van der Waals surface area contributed by atoms with E-state index in [4.69, 9.17) is 5.84 Å². The fourth-order valence-electron chi connectivity index (χ4n) is 1.78. The highest BCUT2D eigenvalue weighted by atomic mass is 32.1. The largest absolute Gasteiger partial charge is 0.271 e. The number of nitrogens with one attached hydrogen (secondary N) is 1. The first kappa shape index (κ1) is 10.6. The maximum atomic E-state index is 5.50. The van der Waals surface area contributed by atoms with Gasteiger partial charge in [-0.15, -0.1) is 11.3 Å². The van der Waals surface area contributed by atoms with E-state index in [1.165, 1.54) is 15.6 Å². The predicted molar refractivity (Wildman–Crippen MR) is 66.9 cm³/mol. The fourth-order valence-corrected chi connectivity index (χ4v) is 2.75. The third kappa shape index (κ3) is 2.20. The van der Waals surface area contributed by atoms with Crippen LogP contribution in [0.3, 0.4) is 0 Å². The van der Waals surface area contributed by atoms with Gasteiger partial charge in [-0.2, -0.15) is 0 Å². The zero-order chi connectivity index (χ0) is 10.7. The van der Waals surface area contributed by atoms with Crippen molar-refractivity contribution in [2.75, 3.05) is 0 Å². The zero-order valence-corrected chi connectivity index (χ0v) is 9.68. The van der Waals surface area contributed by atoms with Crippen LogP contribution in [0.2, 0.25) is 0 Å². The van der Waals surface area contributed by atoms with Crippen LogP contribution in [0.5, 0.6) is 0 Å². The number of benzene rings is 1. The van der Waals surface area contributed by atoms with Gasteiger partial charge in [0.05, 0.1) is 0 Å². The van der Waals surface area contributed by atoms with Crippen molar-refractivity contribution in [3.63, 3.8) is 0 Å². The lowest BCUT2D eigenvalue weighted by molar-refractivity contribution is 0.513. The van der Waals surface area contributed by atoms with Crippen molar-refractivity contribution in [3.8, 4) is 0 Å². The highest BCUT2D eigenvalue weighted by molar-refractivity contribution is 7.17. The molecule has 1 atom stereocenters. The highest BCUT2D eigenvalue weighted by Gasteiger charge is 2.08. The number of thiophene rings is 1. The van der Waals surface area contributed by atoms with Crippen LogP contribution in [0.15, 0.2) is 29.6 Å². The Labute approximate surface area is 94.1 Å². The van der Waals surface area contributed by atoms with Crippen LogP contribution in [0.4, 0.5) is 0 Å². The van der Waals surface area contributed by atoms with Crippen LogP contribution in [-0.4, -0.2) is 6.04 Å². The smallest absolute Gasteiger partial charge is 0.0345 e. The number of rotatable bonds is 4. The van der Waals surface area contributed by atoms with Crippen LogP contribution in [0.25, 0.3) is 10.1 Å². The maximum Gasteiger partial charge on any atom is 0.0345 e. The second kappa shape index (κ2) is 4.75. The average molecular weight is 220 g/mol. The molecule has 0 bridgehead atoms. The molecular formula is C12H16N2S. The van der Waals surface area contributed by atoms with Crippen molar-refractivity contribution in [2.24, 2.45) is 5.84 Å². The second-order valence-corrected chi connectivity index (χ2v) is 4.64. The summed E-state index contributed by atoms with van der Waals surface area (Å²) < 4.78 is 1.36. The third-order valence-corrected chi connectivity index (χ3v) is 3.77. The SMILES string of the molecule is CCC(Cc1csc2ccccc12)NN. The Morgan fingerprint density at radius 2 is 2.20 bits per heavy atom. The van der Waals surface area contributed by atoms with Gasteiger partial charge in [0, 0.05) is 10.7 Å². The maximum absolute atomic E-state index is 5.50. The Bertz CT molecular complexity index is 432. The Balaban J connectivity index is 2.28. The van der Waals surface area contributed by atoms with E-state index >= 15 is 0 Å². The van der Waals surface area contributed by atoms with Gasteiger partial charge in [-0.05, 0) is 35.2 Å². The monoisotopic (exact) mass is 220 g/mol. The van der Waals surface area contributed by atoms with E-state index in [2.05, 4.69) is 42.0 Å². The van der Waals surface area contributed by atoms with Crippen molar-refractivity contribution in [3.05, 3.63) is 35.2 Å². The molecule has 2 rings (SSSR count). The predicted octanol–water partition coefficient (Wildman–Crippen LogP) is 2.69. The minimum absolute atomic E-state index is 0.378. The molecule has 2 aromatic rings. The highest BCUT2D eigenvalue weighted by Crippen LogP contribution is 2.26. The molecule has 1 heterocycles. The van der Waals surface area contributed by atoms with Gasteiger partial charge >= 0.3 is 0 Å². The van der Waals surface area contributed by atoms with Crippen LogP contribution < -0.4 is 11.3 Å². The van der Waals surface area contributed by atoms with E-state index < -0.39 is 0 Å². The lowest BCUT2D eigenvalue weighted by Crippen LogP contribution is -2.36. The van der Waals surface area contributed by atoms with E-state index in [9.17, 15) is 0 Å². The molecule has 3 N–H and O–H groups in total. The molecule has 2 nitrogen and oxygen atoms in total. The molecule has 1 unspecified atom stereocenters. The number of hydrogen-bond donors (Lipinski definition) is 2. The molecule has 0 radical (unpaired) electrons. The summed E-state index contributed by atoms with van der Waals surface area (Å²) >= 11 is 1.81. The molecule has 1 aromatic heterocycles. The van der Waals surface area contributed by atoms with E-state index in [1.54, 1.807) is 0 Å². The molecule has 0 aliphatic rings. The Hall–Kier alpha value is -0.900. The normalized spacial score (nSPS) is 13.2. The molecule has 0 saturated carbocycles. The van der Waals surface area contributed by atoms with Crippen molar-refractivity contribution in [1.29, 1.82) is 0 Å². The van der Waals surface area contributed by atoms with E-state index in [0.29, 0.717) is 6.04 Å². The van der Waals surface area contributed by atoms with Gasteiger partial charge < -0.3 is 0 Å². The van der Waals surface area contributed by atoms with Crippen molar-refractivity contribution in [2.45, 2.75) is 25.8 Å². The summed E-state index contributed by atoms with van der Waals surface area (Å²) in [7, 11) is 0. The summed E-state index contributed by atoms with van der Waals surface area (Å²) in [6.45, 7) is 2.15. The summed E-state index contributed by atoms with van der Waals surface area (Å²) in [6, 6.07) is 8.91. The second-order valence-electron chi connectivity index (χ2n) is 3.73. The molecule has 0 fully saturated rings. The molecular weight excluding hydrogens is 204 g/mol. The van der Waals surface area contributed by atoms with Crippen LogP contribution >= 0.6 is 11.3 Å². The van der Waals surface area contributed by atoms with E-state index in [1.807, 2.05) is 11.3 Å². The van der Waals surface area contributed by atoms with Crippen molar-refractivity contribution >= 4 is 21.4 Å². The molecule has 0 spiro atoms. The summed E-state index contributed by atoms with van der Waals surface area (Å²) in [6.07, 6.45) is 2.07. The average Bonchev–Trinajstić information content (AvgIpc) is 2.69. The van der Waals surface area contributed by atoms with E-state index in [0.717, 1.165) is 12.8 Å². The van der Waals surface area contributed by atoms with Crippen LogP contribution in [-0.2, 0) is 6.42 Å². The number of fused-ring (bicyclic) bond motifs is 1. The molecule has 80 valence electrons. The van der Waals surface area contributed by atoms with Crippen molar-refractivity contribution in [1.82, 2.24) is 5.43 Å². The van der Waals surface area contributed by atoms with Gasteiger partial charge in [0.1, 0.15) is 0 Å². The van der Waals surface area contributed by atoms with Gasteiger partial charge in [0.2, 0.25) is 0 Å². The Morgan fingerprint density at radius 1 is 1.40 bits per heavy atom. The standard InChI is InChI=1S/C12H16N2S/c1-2-10(14-13)7-9-8-15-12-6-4-3-5-11(9)12/h3-6,8,10,14H,2,7,13H2,1H3. The lowest BCUT2D eigenvalue weighted by Gasteiger charge is -2.12. The van der Waals surface area contributed by atoms with Gasteiger partial charge in [0.25, 0.3) is 0 Å². The molecule has 1 aromatic carbocycles. The quantitative estimate of drug-likeness (QED) is 0.614. The lowest BCUT2D eigenvalue weighted by atomic mass is 10.0. The van der Waals surface area contributed by atoms with Gasteiger partial charge in [-0.25, -0.2) is 0 Å². The first-order valence-corrected chi connectivity index (χ1v) is 6.14. The Kier molecular flexibility index (Phi) is 3.36. The fraction of sp³-hybridized carbons (Fsp3) is 0.333. The van der Waals surface area contributed by atoms with Crippen LogP contribution in [0.1, 0.15) is 18.9 Å². The molecule has 0 aliphatic heterocycles. The summed E-state index contributed by atoms with van der Waals surface area (Å²) in [4.78, 5) is 0. The molecule has 0 aliphatic carbocycles. The minimum atomic E-state index is 0.378. The first-order valence-electron chi connectivity index (χ1n) is 5.26. The summed E-state index contributed by atoms with van der Waals surface area (Å²) in [5.74, 6) is 5.50. The minimum Gasteiger partial charge on any atom is -0.271 e. The summed E-state index contributed by atoms with van der Waals surface area (Å²) in [5.41, 5.74) is 4.26. The first-order chi connectivity index (χ1) is 7.35. The molecule has 15 heavy (non-hydrogen) atoms. The molecule has 0 amide bonds. The summed E-state index contributed by atoms with van der Waals surface area (Å²) in [5, 5.41) is 3.61.